The fraction of sp³-hybridized carbons (Fsp3) is 0.500. The lowest BCUT2D eigenvalue weighted by atomic mass is 9.85. The third kappa shape index (κ3) is 2.74. The number of amides is 1. The number of aliphatic hydroxyl groups excluding tert-OH is 1. The molecule has 0 heterocycles. The van der Waals surface area contributed by atoms with E-state index in [0.29, 0.717) is 0 Å². The van der Waals surface area contributed by atoms with E-state index in [1.54, 1.807) is 0 Å². The van der Waals surface area contributed by atoms with Crippen molar-refractivity contribution in [1.82, 2.24) is 5.32 Å². The molecular formula is C14H17ClFNO3. The van der Waals surface area contributed by atoms with Crippen LogP contribution in [0.3, 0.4) is 0 Å². The van der Waals surface area contributed by atoms with Gasteiger partial charge in [-0.15, -0.1) is 0 Å². The van der Waals surface area contributed by atoms with Gasteiger partial charge in [-0.25, -0.2) is 4.39 Å². The van der Waals surface area contributed by atoms with Crippen molar-refractivity contribution in [1.29, 1.82) is 0 Å². The Balaban J connectivity index is 2.21. The molecule has 1 aliphatic rings. The fourth-order valence-electron chi connectivity index (χ4n) is 2.64. The Morgan fingerprint density at radius 2 is 2.30 bits per heavy atom. The number of carbonyl (C=O) groups excluding carboxylic acids is 1. The van der Waals surface area contributed by atoms with Crippen molar-refractivity contribution >= 4 is 17.5 Å². The summed E-state index contributed by atoms with van der Waals surface area (Å²) in [5.41, 5.74) is -0.579. The second kappa shape index (κ2) is 5.58. The largest absolute Gasteiger partial charge is 0.506 e. The Hall–Kier alpha value is -1.33. The Morgan fingerprint density at radius 3 is 2.95 bits per heavy atom. The highest BCUT2D eigenvalue weighted by Crippen LogP contribution is 2.38. The summed E-state index contributed by atoms with van der Waals surface area (Å²) in [6, 6.07) is 1.68. The Kier molecular flexibility index (Phi) is 4.20. The molecule has 4 nitrogen and oxygen atoms in total. The molecule has 0 aliphatic heterocycles. The lowest BCUT2D eigenvalue weighted by Crippen LogP contribution is -2.44. The number of carbonyl (C=O) groups is 1. The number of phenols is 1. The van der Waals surface area contributed by atoms with Gasteiger partial charge in [0.25, 0.3) is 5.91 Å². The Morgan fingerprint density at radius 1 is 1.60 bits per heavy atom. The normalized spacial score (nSPS) is 25.7. The van der Waals surface area contributed by atoms with Crippen LogP contribution in [0.2, 0.25) is 5.02 Å². The first-order chi connectivity index (χ1) is 9.37. The number of aromatic hydroxyl groups is 1. The van der Waals surface area contributed by atoms with Gasteiger partial charge in [0.15, 0.2) is 0 Å². The van der Waals surface area contributed by atoms with E-state index in [1.165, 1.54) is 0 Å². The summed E-state index contributed by atoms with van der Waals surface area (Å²) >= 11 is 5.65. The second-order valence-electron chi connectivity index (χ2n) is 5.51. The molecule has 1 aromatic carbocycles. The molecule has 3 N–H and O–H groups in total. The van der Waals surface area contributed by atoms with Crippen LogP contribution in [0.25, 0.3) is 0 Å². The van der Waals surface area contributed by atoms with Crippen molar-refractivity contribution in [3.05, 3.63) is 28.5 Å². The Bertz CT molecular complexity index is 537. The average Bonchev–Trinajstić information content (AvgIpc) is 2.76. The molecule has 2 rings (SSSR count). The minimum atomic E-state index is -0.686. The van der Waals surface area contributed by atoms with Gasteiger partial charge in [-0.2, -0.15) is 0 Å². The molecular weight excluding hydrogens is 285 g/mol. The summed E-state index contributed by atoms with van der Waals surface area (Å²) in [5, 5.41) is 21.7. The van der Waals surface area contributed by atoms with Crippen LogP contribution in [0.15, 0.2) is 12.1 Å². The zero-order valence-corrected chi connectivity index (χ0v) is 11.9. The third-order valence-corrected chi connectivity index (χ3v) is 4.31. The van der Waals surface area contributed by atoms with Crippen molar-refractivity contribution in [2.45, 2.75) is 32.2 Å². The molecule has 6 heteroatoms. The minimum absolute atomic E-state index is 0.0339. The summed E-state index contributed by atoms with van der Waals surface area (Å²) in [6.45, 7) is 1.86. The van der Waals surface area contributed by atoms with Crippen LogP contribution in [-0.4, -0.2) is 28.8 Å². The Labute approximate surface area is 121 Å². The van der Waals surface area contributed by atoms with Crippen LogP contribution in [0, 0.1) is 11.2 Å². The van der Waals surface area contributed by atoms with Gasteiger partial charge < -0.3 is 15.5 Å². The smallest absolute Gasteiger partial charge is 0.255 e. The van der Waals surface area contributed by atoms with Crippen LogP contribution in [0.1, 0.15) is 36.5 Å². The van der Waals surface area contributed by atoms with Gasteiger partial charge in [0.1, 0.15) is 11.6 Å². The molecule has 1 aromatic rings. The number of hydrogen-bond donors (Lipinski definition) is 3. The molecule has 110 valence electrons. The molecule has 1 fully saturated rings. The number of halogens is 2. The molecule has 1 aliphatic carbocycles. The first-order valence-electron chi connectivity index (χ1n) is 6.47. The summed E-state index contributed by atoms with van der Waals surface area (Å²) in [4.78, 5) is 12.2. The molecule has 1 amide bonds. The molecule has 2 atom stereocenters. The number of nitrogens with one attached hydrogen (secondary N) is 1. The highest BCUT2D eigenvalue weighted by molar-refractivity contribution is 6.32. The topological polar surface area (TPSA) is 69.6 Å². The molecule has 20 heavy (non-hydrogen) atoms. The van der Waals surface area contributed by atoms with Gasteiger partial charge in [-0.3, -0.25) is 4.79 Å². The van der Waals surface area contributed by atoms with Crippen LogP contribution < -0.4 is 5.32 Å². The summed E-state index contributed by atoms with van der Waals surface area (Å²) in [5.74, 6) is -1.71. The van der Waals surface area contributed by atoms with E-state index in [1.807, 2.05) is 6.92 Å². The average molecular weight is 302 g/mol. The maximum atomic E-state index is 13.3. The van der Waals surface area contributed by atoms with Gasteiger partial charge >= 0.3 is 0 Å². The molecule has 0 spiro atoms. The van der Waals surface area contributed by atoms with Gasteiger partial charge in [-0.1, -0.05) is 24.9 Å². The molecule has 0 bridgehead atoms. The van der Waals surface area contributed by atoms with Gasteiger partial charge in [-0.05, 0) is 25.0 Å². The summed E-state index contributed by atoms with van der Waals surface area (Å²) in [7, 11) is 0. The second-order valence-corrected chi connectivity index (χ2v) is 5.92. The van der Waals surface area contributed by atoms with Crippen LogP contribution in [-0.2, 0) is 0 Å². The van der Waals surface area contributed by atoms with E-state index < -0.39 is 17.5 Å². The van der Waals surface area contributed by atoms with Gasteiger partial charge in [0.05, 0.1) is 17.2 Å². The number of hydrogen-bond acceptors (Lipinski definition) is 3. The van der Waals surface area contributed by atoms with Crippen molar-refractivity contribution < 1.29 is 19.4 Å². The monoisotopic (exact) mass is 301 g/mol. The van der Waals surface area contributed by atoms with Crippen molar-refractivity contribution in [2.24, 2.45) is 5.41 Å². The summed E-state index contributed by atoms with van der Waals surface area (Å²) in [6.07, 6.45) is 2.45. The molecule has 0 radical (unpaired) electrons. The predicted octanol–water partition coefficient (Wildman–Crippen LogP) is 2.47. The van der Waals surface area contributed by atoms with E-state index in [4.69, 9.17) is 11.6 Å². The fourth-order valence-corrected chi connectivity index (χ4v) is 2.85. The maximum Gasteiger partial charge on any atom is 0.255 e. The maximum absolute atomic E-state index is 13.3. The number of phenolic OH excluding ortho intramolecular Hbond substituents is 1. The lowest BCUT2D eigenvalue weighted by Gasteiger charge is -2.30. The SMILES string of the molecule is CC1(CO)CCCC1NC(=O)c1cc(F)cc(Cl)c1O. The number of aliphatic hydroxyl groups is 1. The van der Waals surface area contributed by atoms with Crippen LogP contribution >= 0.6 is 11.6 Å². The molecule has 2 unspecified atom stereocenters. The first-order valence-corrected chi connectivity index (χ1v) is 6.85. The van der Waals surface area contributed by atoms with E-state index in [2.05, 4.69) is 5.32 Å². The first kappa shape index (κ1) is 15.1. The lowest BCUT2D eigenvalue weighted by molar-refractivity contribution is 0.0828. The van der Waals surface area contributed by atoms with Crippen molar-refractivity contribution in [2.75, 3.05) is 6.61 Å². The zero-order valence-electron chi connectivity index (χ0n) is 11.1. The highest BCUT2D eigenvalue weighted by Gasteiger charge is 2.39. The molecule has 0 saturated heterocycles. The standard InChI is InChI=1S/C14H17ClFNO3/c1-14(7-18)4-2-3-11(14)17-13(20)9-5-8(16)6-10(15)12(9)19/h5-6,11,18-19H,2-4,7H2,1H3,(H,17,20). The van der Waals surface area contributed by atoms with Gasteiger partial charge in [0, 0.05) is 11.5 Å². The van der Waals surface area contributed by atoms with E-state index in [0.717, 1.165) is 31.4 Å². The van der Waals surface area contributed by atoms with Crippen molar-refractivity contribution in [3.8, 4) is 5.75 Å². The third-order valence-electron chi connectivity index (χ3n) is 4.02. The van der Waals surface area contributed by atoms with Crippen molar-refractivity contribution in [3.63, 3.8) is 0 Å². The molecule has 1 saturated carbocycles. The van der Waals surface area contributed by atoms with E-state index in [-0.39, 0.29) is 28.6 Å². The minimum Gasteiger partial charge on any atom is -0.506 e. The van der Waals surface area contributed by atoms with E-state index in [9.17, 15) is 19.4 Å². The van der Waals surface area contributed by atoms with Crippen LogP contribution in [0.5, 0.6) is 5.75 Å². The van der Waals surface area contributed by atoms with E-state index >= 15 is 0 Å². The number of benzene rings is 1. The molecule has 0 aromatic heterocycles. The number of rotatable bonds is 3. The quantitative estimate of drug-likeness (QED) is 0.803. The predicted molar refractivity (Wildman–Crippen MR) is 73.4 cm³/mol. The highest BCUT2D eigenvalue weighted by atomic mass is 35.5. The van der Waals surface area contributed by atoms with Crippen LogP contribution in [0.4, 0.5) is 4.39 Å². The van der Waals surface area contributed by atoms with Gasteiger partial charge in [0.2, 0.25) is 0 Å². The summed E-state index contributed by atoms with van der Waals surface area (Å²) < 4.78 is 13.3. The zero-order chi connectivity index (χ0) is 14.9.